The number of imidazole rings is 1. The van der Waals surface area contributed by atoms with Gasteiger partial charge in [0, 0.05) is 35.1 Å². The van der Waals surface area contributed by atoms with Crippen molar-refractivity contribution < 1.29 is 4.92 Å². The Balaban J connectivity index is 1.85. The van der Waals surface area contributed by atoms with Crippen LogP contribution in [0.2, 0.25) is 0 Å². The standard InChI is InChI=1S/C21H15N3O2/c25-24(26)19-13-11-16(12-14-19)20-15-23(18-9-5-2-6-10-18)21(22-20)17-7-3-1-4-8-17/h1-15H. The highest BCUT2D eigenvalue weighted by atomic mass is 16.6. The Morgan fingerprint density at radius 3 is 2.00 bits per heavy atom. The van der Waals surface area contributed by atoms with Crippen molar-refractivity contribution in [2.45, 2.75) is 0 Å². The Hall–Kier alpha value is -3.73. The molecule has 26 heavy (non-hydrogen) atoms. The summed E-state index contributed by atoms with van der Waals surface area (Å²) in [7, 11) is 0. The molecule has 5 heteroatoms. The van der Waals surface area contributed by atoms with Crippen LogP contribution in [0.25, 0.3) is 28.3 Å². The molecule has 126 valence electrons. The lowest BCUT2D eigenvalue weighted by molar-refractivity contribution is -0.384. The number of nitro groups is 1. The highest BCUT2D eigenvalue weighted by Gasteiger charge is 2.14. The van der Waals surface area contributed by atoms with Crippen LogP contribution in [0.1, 0.15) is 0 Å². The fourth-order valence-corrected chi connectivity index (χ4v) is 2.85. The summed E-state index contributed by atoms with van der Waals surface area (Å²) in [4.78, 5) is 15.3. The Morgan fingerprint density at radius 2 is 1.38 bits per heavy atom. The van der Waals surface area contributed by atoms with Crippen molar-refractivity contribution >= 4 is 5.69 Å². The Kier molecular flexibility index (Phi) is 4.03. The van der Waals surface area contributed by atoms with Crippen molar-refractivity contribution in [2.75, 3.05) is 0 Å². The number of aromatic nitrogens is 2. The Labute approximate surface area is 150 Å². The molecule has 0 amide bonds. The number of non-ortho nitro benzene ring substituents is 1. The zero-order valence-corrected chi connectivity index (χ0v) is 13.8. The fraction of sp³-hybridized carbons (Fsp3) is 0. The van der Waals surface area contributed by atoms with Crippen LogP contribution in [0.3, 0.4) is 0 Å². The van der Waals surface area contributed by atoms with Gasteiger partial charge in [-0.15, -0.1) is 0 Å². The average Bonchev–Trinajstić information content (AvgIpc) is 3.15. The molecule has 0 spiro atoms. The van der Waals surface area contributed by atoms with Crippen molar-refractivity contribution in [1.82, 2.24) is 9.55 Å². The van der Waals surface area contributed by atoms with E-state index < -0.39 is 4.92 Å². The fourth-order valence-electron chi connectivity index (χ4n) is 2.85. The summed E-state index contributed by atoms with van der Waals surface area (Å²) in [5, 5.41) is 10.9. The third-order valence-corrected chi connectivity index (χ3v) is 4.15. The van der Waals surface area contributed by atoms with Crippen molar-refractivity contribution in [3.8, 4) is 28.3 Å². The first-order valence-electron chi connectivity index (χ1n) is 8.17. The highest BCUT2D eigenvalue weighted by molar-refractivity contribution is 5.68. The van der Waals surface area contributed by atoms with Gasteiger partial charge in [0.2, 0.25) is 0 Å². The first-order valence-corrected chi connectivity index (χ1v) is 8.17. The van der Waals surface area contributed by atoms with E-state index in [1.54, 1.807) is 12.1 Å². The lowest BCUT2D eigenvalue weighted by atomic mass is 10.1. The van der Waals surface area contributed by atoms with Gasteiger partial charge in [-0.1, -0.05) is 48.5 Å². The van der Waals surface area contributed by atoms with Crippen LogP contribution < -0.4 is 0 Å². The van der Waals surface area contributed by atoms with E-state index in [2.05, 4.69) is 0 Å². The number of nitrogens with zero attached hydrogens (tertiary/aromatic N) is 3. The molecule has 1 aromatic heterocycles. The predicted octanol–water partition coefficient (Wildman–Crippen LogP) is 5.11. The molecule has 3 aromatic carbocycles. The minimum atomic E-state index is -0.401. The van der Waals surface area contributed by atoms with Gasteiger partial charge in [0.05, 0.1) is 10.6 Å². The van der Waals surface area contributed by atoms with Gasteiger partial charge in [0.15, 0.2) is 0 Å². The van der Waals surface area contributed by atoms with Gasteiger partial charge in [-0.05, 0) is 24.3 Å². The molecule has 1 heterocycles. The smallest absolute Gasteiger partial charge is 0.269 e. The van der Waals surface area contributed by atoms with Crippen molar-refractivity contribution in [3.63, 3.8) is 0 Å². The summed E-state index contributed by atoms with van der Waals surface area (Å²) in [5.74, 6) is 0.824. The highest BCUT2D eigenvalue weighted by Crippen LogP contribution is 2.28. The summed E-state index contributed by atoms with van der Waals surface area (Å²) in [6.07, 6.45) is 1.96. The second kappa shape index (κ2) is 6.64. The molecule has 0 radical (unpaired) electrons. The van der Waals surface area contributed by atoms with E-state index in [9.17, 15) is 10.1 Å². The van der Waals surface area contributed by atoms with Crippen LogP contribution in [0, 0.1) is 10.1 Å². The zero-order valence-electron chi connectivity index (χ0n) is 13.8. The van der Waals surface area contributed by atoms with Gasteiger partial charge < -0.3 is 0 Å². The number of benzene rings is 3. The SMILES string of the molecule is O=[N+]([O-])c1ccc(-c2cn(-c3ccccc3)c(-c3ccccc3)n2)cc1. The molecule has 0 unspecified atom stereocenters. The number of rotatable bonds is 4. The molecule has 0 atom stereocenters. The first-order chi connectivity index (χ1) is 12.7. The maximum absolute atomic E-state index is 10.9. The van der Waals surface area contributed by atoms with Crippen LogP contribution >= 0.6 is 0 Å². The predicted molar refractivity (Wildman–Crippen MR) is 101 cm³/mol. The average molecular weight is 341 g/mol. The number of nitro benzene ring substituents is 1. The van der Waals surface area contributed by atoms with E-state index in [0.717, 1.165) is 28.3 Å². The number of hydrogen-bond acceptors (Lipinski definition) is 3. The summed E-state index contributed by atoms with van der Waals surface area (Å²) < 4.78 is 2.03. The normalized spacial score (nSPS) is 10.6. The van der Waals surface area contributed by atoms with Crippen LogP contribution in [0.15, 0.2) is 91.1 Å². The molecule has 0 saturated heterocycles. The van der Waals surface area contributed by atoms with Gasteiger partial charge in [-0.25, -0.2) is 4.98 Å². The summed E-state index contributed by atoms with van der Waals surface area (Å²) >= 11 is 0. The maximum atomic E-state index is 10.9. The molecule has 0 N–H and O–H groups in total. The Morgan fingerprint density at radius 1 is 0.769 bits per heavy atom. The summed E-state index contributed by atoms with van der Waals surface area (Å²) in [5.41, 5.74) is 3.68. The lowest BCUT2D eigenvalue weighted by Crippen LogP contribution is -1.95. The van der Waals surface area contributed by atoms with Gasteiger partial charge in [-0.3, -0.25) is 14.7 Å². The number of hydrogen-bond donors (Lipinski definition) is 0. The van der Waals surface area contributed by atoms with Crippen molar-refractivity contribution in [1.29, 1.82) is 0 Å². The van der Waals surface area contributed by atoms with Crippen molar-refractivity contribution in [3.05, 3.63) is 101 Å². The van der Waals surface area contributed by atoms with Gasteiger partial charge in [0.25, 0.3) is 5.69 Å². The molecule has 0 aliphatic rings. The minimum absolute atomic E-state index is 0.0690. The van der Waals surface area contributed by atoms with Gasteiger partial charge in [-0.2, -0.15) is 0 Å². The van der Waals surface area contributed by atoms with Crippen LogP contribution in [0.5, 0.6) is 0 Å². The number of para-hydroxylation sites is 1. The van der Waals surface area contributed by atoms with E-state index in [1.165, 1.54) is 12.1 Å². The molecular formula is C21H15N3O2. The molecule has 0 bridgehead atoms. The second-order valence-corrected chi connectivity index (χ2v) is 5.83. The van der Waals surface area contributed by atoms with Gasteiger partial charge >= 0.3 is 0 Å². The third-order valence-electron chi connectivity index (χ3n) is 4.15. The monoisotopic (exact) mass is 341 g/mol. The molecule has 5 nitrogen and oxygen atoms in total. The van der Waals surface area contributed by atoms with Crippen molar-refractivity contribution in [2.24, 2.45) is 0 Å². The third kappa shape index (κ3) is 2.98. The van der Waals surface area contributed by atoms with Crippen LogP contribution in [-0.2, 0) is 0 Å². The lowest BCUT2D eigenvalue weighted by Gasteiger charge is -2.07. The maximum Gasteiger partial charge on any atom is 0.269 e. The topological polar surface area (TPSA) is 61.0 Å². The van der Waals surface area contributed by atoms with E-state index in [4.69, 9.17) is 4.98 Å². The molecular weight excluding hydrogens is 326 g/mol. The second-order valence-electron chi connectivity index (χ2n) is 5.83. The van der Waals surface area contributed by atoms with E-state index >= 15 is 0 Å². The summed E-state index contributed by atoms with van der Waals surface area (Å²) in [6.45, 7) is 0. The Bertz CT molecular complexity index is 983. The van der Waals surface area contributed by atoms with E-state index in [-0.39, 0.29) is 5.69 Å². The quantitative estimate of drug-likeness (QED) is 0.382. The zero-order chi connectivity index (χ0) is 17.9. The molecule has 0 aliphatic heterocycles. The molecule has 4 aromatic rings. The molecule has 0 aliphatic carbocycles. The first kappa shape index (κ1) is 15.8. The molecule has 0 saturated carbocycles. The van der Waals surface area contributed by atoms with E-state index in [0.29, 0.717) is 0 Å². The van der Waals surface area contributed by atoms with Crippen LogP contribution in [0.4, 0.5) is 5.69 Å². The minimum Gasteiger partial charge on any atom is -0.299 e. The molecule has 4 rings (SSSR count). The van der Waals surface area contributed by atoms with E-state index in [1.807, 2.05) is 71.4 Å². The van der Waals surface area contributed by atoms with Crippen LogP contribution in [-0.4, -0.2) is 14.5 Å². The largest absolute Gasteiger partial charge is 0.299 e. The van der Waals surface area contributed by atoms with Gasteiger partial charge in [0.1, 0.15) is 5.82 Å². The molecule has 0 fully saturated rings. The summed E-state index contributed by atoms with van der Waals surface area (Å²) in [6, 6.07) is 26.4.